The number of amides is 2. The van der Waals surface area contributed by atoms with Crippen LogP contribution in [0.5, 0.6) is 11.5 Å². The summed E-state index contributed by atoms with van der Waals surface area (Å²) in [6, 6.07) is 15.0. The van der Waals surface area contributed by atoms with E-state index in [0.29, 0.717) is 39.1 Å². The summed E-state index contributed by atoms with van der Waals surface area (Å²) in [5.41, 5.74) is 1.72. The van der Waals surface area contributed by atoms with Gasteiger partial charge in [-0.25, -0.2) is 0 Å². The first kappa shape index (κ1) is 20.7. The molecule has 2 amide bonds. The molecule has 1 heterocycles. The molecule has 154 valence electrons. The van der Waals surface area contributed by atoms with Gasteiger partial charge in [-0.2, -0.15) is 0 Å². The molecule has 0 aromatic heterocycles. The smallest absolute Gasteiger partial charge is 0.254 e. The highest BCUT2D eigenvalue weighted by Gasteiger charge is 2.28. The molecule has 0 atom stereocenters. The third-order valence-electron chi connectivity index (χ3n) is 5.26. The Balaban J connectivity index is 1.38. The Bertz CT molecular complexity index is 827. The average molecular weight is 396 g/mol. The van der Waals surface area contributed by atoms with Crippen LogP contribution in [0.15, 0.2) is 48.5 Å². The number of aryl methyl sites for hydroxylation is 1. The Morgan fingerprint density at radius 1 is 1.03 bits per heavy atom. The van der Waals surface area contributed by atoms with Crippen LogP contribution in [0, 0.1) is 12.8 Å². The molecule has 0 unspecified atom stereocenters. The van der Waals surface area contributed by atoms with Crippen LogP contribution in [0.25, 0.3) is 0 Å². The Morgan fingerprint density at radius 3 is 2.34 bits per heavy atom. The van der Waals surface area contributed by atoms with E-state index in [0.717, 1.165) is 22.6 Å². The number of carbonyl (C=O) groups is 2. The quantitative estimate of drug-likeness (QED) is 0.731. The number of rotatable bonds is 7. The molecule has 2 aromatic carbocycles. The number of likely N-dealkylation sites (tertiary alicyclic amines) is 1. The van der Waals surface area contributed by atoms with E-state index >= 15 is 0 Å². The first-order valence-corrected chi connectivity index (χ1v) is 9.98. The molecule has 1 N–H and O–H groups in total. The topological polar surface area (TPSA) is 67.9 Å². The van der Waals surface area contributed by atoms with Gasteiger partial charge in [-0.3, -0.25) is 9.59 Å². The number of benzene rings is 2. The van der Waals surface area contributed by atoms with Crippen LogP contribution in [0.2, 0.25) is 0 Å². The van der Waals surface area contributed by atoms with Crippen molar-refractivity contribution in [2.45, 2.75) is 19.8 Å². The number of carbonyl (C=O) groups excluding carboxylic acids is 2. The van der Waals surface area contributed by atoms with Gasteiger partial charge in [0.05, 0.1) is 13.7 Å². The molecule has 0 bridgehead atoms. The Hall–Kier alpha value is -3.02. The molecule has 0 saturated carbocycles. The number of piperidine rings is 1. The average Bonchev–Trinajstić information content (AvgIpc) is 2.77. The molecule has 29 heavy (non-hydrogen) atoms. The highest BCUT2D eigenvalue weighted by molar-refractivity contribution is 5.95. The van der Waals surface area contributed by atoms with Gasteiger partial charge in [0.2, 0.25) is 5.91 Å². The summed E-state index contributed by atoms with van der Waals surface area (Å²) in [4.78, 5) is 26.9. The number of nitrogens with zero attached hydrogens (tertiary/aromatic N) is 1. The van der Waals surface area contributed by atoms with E-state index in [2.05, 4.69) is 5.32 Å². The zero-order valence-corrected chi connectivity index (χ0v) is 17.0. The van der Waals surface area contributed by atoms with Crippen LogP contribution in [-0.2, 0) is 4.79 Å². The number of nitrogens with one attached hydrogen (secondary N) is 1. The molecular weight excluding hydrogens is 368 g/mol. The molecule has 0 radical (unpaired) electrons. The SMILES string of the molecule is COc1ccc(OCCNC(=O)C2CCN(C(=O)c3ccccc3C)CC2)cc1. The third-order valence-corrected chi connectivity index (χ3v) is 5.26. The standard InChI is InChI=1S/C23H28N2O4/c1-17-5-3-4-6-21(17)23(27)25-14-11-18(12-15-25)22(26)24-13-16-29-20-9-7-19(28-2)8-10-20/h3-10,18H,11-16H2,1-2H3,(H,24,26). The van der Waals surface area contributed by atoms with Crippen molar-refractivity contribution in [3.63, 3.8) is 0 Å². The Morgan fingerprint density at radius 2 is 1.69 bits per heavy atom. The van der Waals surface area contributed by atoms with Crippen molar-refractivity contribution in [2.24, 2.45) is 5.92 Å². The van der Waals surface area contributed by atoms with Crippen molar-refractivity contribution < 1.29 is 19.1 Å². The molecule has 6 nitrogen and oxygen atoms in total. The maximum Gasteiger partial charge on any atom is 0.254 e. The van der Waals surface area contributed by atoms with Crippen molar-refractivity contribution in [3.05, 3.63) is 59.7 Å². The van der Waals surface area contributed by atoms with Crippen LogP contribution in [-0.4, -0.2) is 50.1 Å². The molecule has 2 aromatic rings. The van der Waals surface area contributed by atoms with Crippen molar-refractivity contribution in [2.75, 3.05) is 33.4 Å². The van der Waals surface area contributed by atoms with Gasteiger partial charge in [0.1, 0.15) is 18.1 Å². The van der Waals surface area contributed by atoms with E-state index in [4.69, 9.17) is 9.47 Å². The molecule has 0 spiro atoms. The summed E-state index contributed by atoms with van der Waals surface area (Å²) in [5.74, 6) is 1.54. The van der Waals surface area contributed by atoms with Gasteiger partial charge in [0.15, 0.2) is 0 Å². The predicted molar refractivity (Wildman–Crippen MR) is 111 cm³/mol. The lowest BCUT2D eigenvalue weighted by Gasteiger charge is -2.31. The minimum Gasteiger partial charge on any atom is -0.497 e. The second-order valence-electron chi connectivity index (χ2n) is 7.20. The molecule has 1 aliphatic rings. The number of hydrogen-bond donors (Lipinski definition) is 1. The monoisotopic (exact) mass is 396 g/mol. The lowest BCUT2D eigenvalue weighted by molar-refractivity contribution is -0.126. The fraction of sp³-hybridized carbons (Fsp3) is 0.391. The summed E-state index contributed by atoms with van der Waals surface area (Å²) >= 11 is 0. The molecule has 3 rings (SSSR count). The Kier molecular flexibility index (Phi) is 7.11. The fourth-order valence-corrected chi connectivity index (χ4v) is 3.49. The van der Waals surface area contributed by atoms with Gasteiger partial charge < -0.3 is 19.7 Å². The predicted octanol–water partition coefficient (Wildman–Crippen LogP) is 3.05. The normalized spacial score (nSPS) is 14.3. The minimum absolute atomic E-state index is 0.0336. The van der Waals surface area contributed by atoms with E-state index in [1.54, 1.807) is 7.11 Å². The summed E-state index contributed by atoms with van der Waals surface area (Å²) in [5, 5.41) is 2.94. The number of hydrogen-bond acceptors (Lipinski definition) is 4. The van der Waals surface area contributed by atoms with Crippen LogP contribution < -0.4 is 14.8 Å². The zero-order chi connectivity index (χ0) is 20.6. The van der Waals surface area contributed by atoms with Crippen LogP contribution >= 0.6 is 0 Å². The lowest BCUT2D eigenvalue weighted by atomic mass is 9.95. The first-order valence-electron chi connectivity index (χ1n) is 9.98. The molecule has 0 aliphatic carbocycles. The number of methoxy groups -OCH3 is 1. The molecule has 1 aliphatic heterocycles. The van der Waals surface area contributed by atoms with E-state index in [1.165, 1.54) is 0 Å². The summed E-state index contributed by atoms with van der Waals surface area (Å²) in [6.07, 6.45) is 1.37. The van der Waals surface area contributed by atoms with E-state index in [-0.39, 0.29) is 17.7 Å². The van der Waals surface area contributed by atoms with Gasteiger partial charge in [-0.15, -0.1) is 0 Å². The largest absolute Gasteiger partial charge is 0.497 e. The minimum atomic E-state index is -0.0584. The van der Waals surface area contributed by atoms with E-state index in [9.17, 15) is 9.59 Å². The van der Waals surface area contributed by atoms with Gasteiger partial charge in [0.25, 0.3) is 5.91 Å². The van der Waals surface area contributed by atoms with E-state index < -0.39 is 0 Å². The van der Waals surface area contributed by atoms with Gasteiger partial charge in [0, 0.05) is 24.6 Å². The van der Waals surface area contributed by atoms with Gasteiger partial charge in [-0.05, 0) is 55.7 Å². The molecule has 1 fully saturated rings. The summed E-state index contributed by atoms with van der Waals surface area (Å²) in [7, 11) is 1.62. The van der Waals surface area contributed by atoms with Crippen molar-refractivity contribution in [1.82, 2.24) is 10.2 Å². The maximum atomic E-state index is 12.7. The van der Waals surface area contributed by atoms with Crippen molar-refractivity contribution >= 4 is 11.8 Å². The van der Waals surface area contributed by atoms with Crippen LogP contribution in [0.3, 0.4) is 0 Å². The second kappa shape index (κ2) is 9.96. The first-order chi connectivity index (χ1) is 14.1. The van der Waals surface area contributed by atoms with Gasteiger partial charge in [-0.1, -0.05) is 18.2 Å². The number of ether oxygens (including phenoxy) is 2. The highest BCUT2D eigenvalue weighted by Crippen LogP contribution is 2.20. The zero-order valence-electron chi connectivity index (χ0n) is 17.0. The lowest BCUT2D eigenvalue weighted by Crippen LogP contribution is -2.43. The van der Waals surface area contributed by atoms with Gasteiger partial charge >= 0.3 is 0 Å². The van der Waals surface area contributed by atoms with Crippen LogP contribution in [0.4, 0.5) is 0 Å². The van der Waals surface area contributed by atoms with Crippen molar-refractivity contribution in [1.29, 1.82) is 0 Å². The highest BCUT2D eigenvalue weighted by atomic mass is 16.5. The molecular formula is C23H28N2O4. The van der Waals surface area contributed by atoms with Crippen molar-refractivity contribution in [3.8, 4) is 11.5 Å². The third kappa shape index (κ3) is 5.50. The molecule has 6 heteroatoms. The maximum absolute atomic E-state index is 12.7. The molecule has 1 saturated heterocycles. The van der Waals surface area contributed by atoms with Crippen LogP contribution in [0.1, 0.15) is 28.8 Å². The van der Waals surface area contributed by atoms with E-state index in [1.807, 2.05) is 60.4 Å². The Labute approximate surface area is 171 Å². The summed E-state index contributed by atoms with van der Waals surface area (Å²) in [6.45, 7) is 4.01. The summed E-state index contributed by atoms with van der Waals surface area (Å²) < 4.78 is 10.7. The second-order valence-corrected chi connectivity index (χ2v) is 7.20. The fourth-order valence-electron chi connectivity index (χ4n) is 3.49.